The van der Waals surface area contributed by atoms with Gasteiger partial charge in [-0.15, -0.1) is 5.10 Å². The first-order chi connectivity index (χ1) is 15.1. The molecule has 0 spiro atoms. The Kier molecular flexibility index (Phi) is 6.47. The third kappa shape index (κ3) is 4.39. The van der Waals surface area contributed by atoms with E-state index in [2.05, 4.69) is 48.5 Å². The Hall–Kier alpha value is -2.99. The van der Waals surface area contributed by atoms with E-state index in [0.29, 0.717) is 25.6 Å². The topological polar surface area (TPSA) is 63.1 Å². The van der Waals surface area contributed by atoms with E-state index >= 15 is 0 Å². The highest BCUT2D eigenvalue weighted by atomic mass is 16.2. The molecule has 1 amide bonds. The van der Waals surface area contributed by atoms with Gasteiger partial charge in [-0.05, 0) is 18.1 Å². The van der Waals surface area contributed by atoms with Gasteiger partial charge in [0, 0.05) is 36.7 Å². The number of unbranched alkanes of at least 4 members (excludes halogenated alkanes) is 1. The highest BCUT2D eigenvalue weighted by molar-refractivity contribution is 6.00. The van der Waals surface area contributed by atoms with Crippen LogP contribution < -0.4 is 10.2 Å². The van der Waals surface area contributed by atoms with E-state index in [1.165, 1.54) is 0 Å². The van der Waals surface area contributed by atoms with E-state index in [1.54, 1.807) is 0 Å². The molecular weight excluding hydrogens is 386 g/mol. The van der Waals surface area contributed by atoms with Crippen LogP contribution in [0.1, 0.15) is 45.6 Å². The Balaban J connectivity index is 1.82. The molecule has 1 aromatic heterocycles. The molecule has 0 radical (unpaired) electrons. The number of benzene rings is 2. The first-order valence-corrected chi connectivity index (χ1v) is 11.2. The van der Waals surface area contributed by atoms with Gasteiger partial charge in [0.05, 0.1) is 17.9 Å². The molecule has 1 N–H and O–H groups in total. The lowest BCUT2D eigenvalue weighted by molar-refractivity contribution is -0.118. The molecule has 162 valence electrons. The lowest BCUT2D eigenvalue weighted by atomic mass is 9.95. The molecule has 6 nitrogen and oxygen atoms in total. The number of hydrogen-bond acceptors (Lipinski definition) is 4. The maximum Gasteiger partial charge on any atom is 0.228 e. The largest absolute Gasteiger partial charge is 0.314 e. The zero-order valence-electron chi connectivity index (χ0n) is 18.6. The molecule has 0 aliphatic carbocycles. The van der Waals surface area contributed by atoms with Gasteiger partial charge in [-0.3, -0.25) is 4.79 Å². The summed E-state index contributed by atoms with van der Waals surface area (Å²) in [6, 6.07) is 16.7. The number of hydrogen-bond donors (Lipinski definition) is 1. The average Bonchev–Trinajstić information content (AvgIpc) is 3.18. The summed E-state index contributed by atoms with van der Waals surface area (Å²) in [5, 5.41) is 12.5. The smallest absolute Gasteiger partial charge is 0.228 e. The predicted molar refractivity (Wildman–Crippen MR) is 125 cm³/mol. The number of aromatic nitrogens is 3. The number of carbonyl (C=O) groups is 1. The van der Waals surface area contributed by atoms with Gasteiger partial charge in [0.25, 0.3) is 0 Å². The quantitative estimate of drug-likeness (QED) is 0.608. The van der Waals surface area contributed by atoms with Crippen LogP contribution in [0.25, 0.3) is 22.5 Å². The molecule has 0 saturated carbocycles. The number of amides is 1. The highest BCUT2D eigenvalue weighted by Gasteiger charge is 2.28. The fraction of sp³-hybridized carbons (Fsp3) is 0.400. The summed E-state index contributed by atoms with van der Waals surface area (Å²) in [5.41, 5.74) is 5.96. The molecule has 3 aromatic rings. The van der Waals surface area contributed by atoms with Crippen molar-refractivity contribution in [1.82, 2.24) is 20.3 Å². The van der Waals surface area contributed by atoms with Crippen LogP contribution in [-0.4, -0.2) is 33.5 Å². The van der Waals surface area contributed by atoms with Gasteiger partial charge in [0.2, 0.25) is 5.91 Å². The second-order valence-corrected chi connectivity index (χ2v) is 8.38. The SMILES string of the molecule is CCCCn1nnc2c1-c1ccccc1CN(C(=O)CCNC(C)C)c1ccccc1-2. The fourth-order valence-electron chi connectivity index (χ4n) is 4.10. The van der Waals surface area contributed by atoms with Crippen LogP contribution in [0, 0.1) is 0 Å². The minimum atomic E-state index is 0.109. The van der Waals surface area contributed by atoms with Crippen LogP contribution in [0.2, 0.25) is 0 Å². The molecule has 4 rings (SSSR count). The normalized spacial score (nSPS) is 12.7. The molecule has 2 heterocycles. The molecular formula is C25H31N5O. The average molecular weight is 418 g/mol. The van der Waals surface area contributed by atoms with E-state index in [0.717, 1.165) is 53.2 Å². The molecule has 0 saturated heterocycles. The zero-order chi connectivity index (χ0) is 21.8. The number of anilines is 1. The van der Waals surface area contributed by atoms with Crippen molar-refractivity contribution in [3.63, 3.8) is 0 Å². The summed E-state index contributed by atoms with van der Waals surface area (Å²) >= 11 is 0. The monoisotopic (exact) mass is 417 g/mol. The maximum atomic E-state index is 13.3. The van der Waals surface area contributed by atoms with Crippen molar-refractivity contribution >= 4 is 11.6 Å². The fourth-order valence-corrected chi connectivity index (χ4v) is 4.10. The van der Waals surface area contributed by atoms with E-state index < -0.39 is 0 Å². The third-order valence-corrected chi connectivity index (χ3v) is 5.70. The van der Waals surface area contributed by atoms with Gasteiger partial charge >= 0.3 is 0 Å². The van der Waals surface area contributed by atoms with Gasteiger partial charge in [-0.2, -0.15) is 0 Å². The molecule has 0 bridgehead atoms. The van der Waals surface area contributed by atoms with Crippen molar-refractivity contribution in [3.05, 3.63) is 54.1 Å². The second-order valence-electron chi connectivity index (χ2n) is 8.38. The van der Waals surface area contributed by atoms with Gasteiger partial charge in [0.1, 0.15) is 5.69 Å². The van der Waals surface area contributed by atoms with E-state index in [9.17, 15) is 4.79 Å². The number of rotatable bonds is 7. The Bertz CT molecular complexity index is 1060. The van der Waals surface area contributed by atoms with E-state index in [-0.39, 0.29) is 5.91 Å². The third-order valence-electron chi connectivity index (χ3n) is 5.70. The number of aryl methyl sites for hydroxylation is 1. The summed E-state index contributed by atoms with van der Waals surface area (Å²) in [5.74, 6) is 0.109. The van der Waals surface area contributed by atoms with Crippen molar-refractivity contribution in [2.75, 3.05) is 11.4 Å². The number of nitrogens with one attached hydrogen (secondary N) is 1. The van der Waals surface area contributed by atoms with Gasteiger partial charge in [-0.25, -0.2) is 4.68 Å². The van der Waals surface area contributed by atoms with Crippen LogP contribution in [0.4, 0.5) is 5.69 Å². The summed E-state index contributed by atoms with van der Waals surface area (Å²) in [6.45, 7) is 8.40. The molecule has 0 atom stereocenters. The highest BCUT2D eigenvalue weighted by Crippen LogP contribution is 2.41. The van der Waals surface area contributed by atoms with Gasteiger partial charge < -0.3 is 10.2 Å². The Labute approximate surface area is 184 Å². The van der Waals surface area contributed by atoms with Crippen molar-refractivity contribution < 1.29 is 4.79 Å². The van der Waals surface area contributed by atoms with Gasteiger partial charge in [-0.1, -0.05) is 74.9 Å². The molecule has 31 heavy (non-hydrogen) atoms. The Morgan fingerprint density at radius 3 is 2.61 bits per heavy atom. The first-order valence-electron chi connectivity index (χ1n) is 11.2. The molecule has 1 aliphatic rings. The summed E-state index contributed by atoms with van der Waals surface area (Å²) in [4.78, 5) is 15.2. The molecule has 0 unspecified atom stereocenters. The number of para-hydroxylation sites is 1. The van der Waals surface area contributed by atoms with Crippen molar-refractivity contribution in [2.45, 2.75) is 59.2 Å². The number of nitrogens with zero attached hydrogens (tertiary/aromatic N) is 4. The standard InChI is InChI=1S/C25H31N5O/c1-4-5-16-30-25-20-11-7-6-10-19(20)17-29(23(31)14-15-26-18(2)3)22-13-9-8-12-21(22)24(25)27-28-30/h6-13,18,26H,4-5,14-17H2,1-3H3. The van der Waals surface area contributed by atoms with E-state index in [4.69, 9.17) is 0 Å². The van der Waals surface area contributed by atoms with Crippen molar-refractivity contribution in [3.8, 4) is 22.5 Å². The maximum absolute atomic E-state index is 13.3. The second kappa shape index (κ2) is 9.43. The van der Waals surface area contributed by atoms with Gasteiger partial charge in [0.15, 0.2) is 0 Å². The Morgan fingerprint density at radius 2 is 1.84 bits per heavy atom. The molecule has 1 aliphatic heterocycles. The van der Waals surface area contributed by atoms with Crippen LogP contribution in [0.5, 0.6) is 0 Å². The lowest BCUT2D eigenvalue weighted by Gasteiger charge is -2.28. The lowest BCUT2D eigenvalue weighted by Crippen LogP contribution is -2.35. The van der Waals surface area contributed by atoms with Crippen LogP contribution in [-0.2, 0) is 17.9 Å². The minimum absolute atomic E-state index is 0.109. The first kappa shape index (κ1) is 21.2. The zero-order valence-corrected chi connectivity index (χ0v) is 18.6. The predicted octanol–water partition coefficient (Wildman–Crippen LogP) is 4.65. The molecule has 0 fully saturated rings. The summed E-state index contributed by atoms with van der Waals surface area (Å²) in [7, 11) is 0. The summed E-state index contributed by atoms with van der Waals surface area (Å²) < 4.78 is 2.03. The molecule has 6 heteroatoms. The number of fused-ring (bicyclic) bond motifs is 5. The minimum Gasteiger partial charge on any atom is -0.314 e. The van der Waals surface area contributed by atoms with Crippen LogP contribution >= 0.6 is 0 Å². The Morgan fingerprint density at radius 1 is 1.10 bits per heavy atom. The van der Waals surface area contributed by atoms with Crippen molar-refractivity contribution in [2.24, 2.45) is 0 Å². The molecule has 2 aromatic carbocycles. The van der Waals surface area contributed by atoms with E-state index in [1.807, 2.05) is 46.0 Å². The number of carbonyl (C=O) groups excluding carboxylic acids is 1. The summed E-state index contributed by atoms with van der Waals surface area (Å²) in [6.07, 6.45) is 2.59. The van der Waals surface area contributed by atoms with Crippen LogP contribution in [0.3, 0.4) is 0 Å². The van der Waals surface area contributed by atoms with Crippen molar-refractivity contribution in [1.29, 1.82) is 0 Å². The van der Waals surface area contributed by atoms with Crippen LogP contribution in [0.15, 0.2) is 48.5 Å².